The van der Waals surface area contributed by atoms with E-state index in [1.54, 1.807) is 0 Å². The van der Waals surface area contributed by atoms with Gasteiger partial charge < -0.3 is 5.32 Å². The molecule has 0 radical (unpaired) electrons. The fourth-order valence-corrected chi connectivity index (χ4v) is 2.32. The van der Waals surface area contributed by atoms with Crippen LogP contribution < -0.4 is 5.32 Å². The van der Waals surface area contributed by atoms with Gasteiger partial charge in [0, 0.05) is 6.20 Å². The molecule has 6 heteroatoms. The molecule has 1 aliphatic heterocycles. The zero-order chi connectivity index (χ0) is 8.77. The average molecular weight is 251 g/mol. The maximum absolute atomic E-state index is 11.3. The Balaban J connectivity index is 2.32. The van der Waals surface area contributed by atoms with Gasteiger partial charge in [0.2, 0.25) is 15.0 Å². The Kier molecular flexibility index (Phi) is 1.76. The van der Waals surface area contributed by atoms with Crippen LogP contribution in [-0.4, -0.2) is 19.6 Å². The van der Waals surface area contributed by atoms with E-state index in [4.69, 9.17) is 0 Å². The smallest absolute Gasteiger partial charge is 0.247 e. The summed E-state index contributed by atoms with van der Waals surface area (Å²) in [5.41, 5.74) is 0. The van der Waals surface area contributed by atoms with Gasteiger partial charge in [0.05, 0.1) is 6.04 Å². The second kappa shape index (κ2) is 2.56. The van der Waals surface area contributed by atoms with Crippen molar-refractivity contribution in [2.24, 2.45) is 4.99 Å². The number of hydrogen-bond donors (Lipinski definition) is 1. The van der Waals surface area contributed by atoms with E-state index < -0.39 is 9.84 Å². The summed E-state index contributed by atoms with van der Waals surface area (Å²) in [5, 5.41) is 2.70. The molecular formula is C6H7BrN2O2S. The van der Waals surface area contributed by atoms with Crippen molar-refractivity contribution in [3.8, 4) is 0 Å². The summed E-state index contributed by atoms with van der Waals surface area (Å²) < 4.78 is 22.9. The van der Waals surface area contributed by atoms with Crippen LogP contribution in [0.3, 0.4) is 0 Å². The van der Waals surface area contributed by atoms with Crippen LogP contribution in [0.1, 0.15) is 12.8 Å². The van der Waals surface area contributed by atoms with E-state index in [0.717, 1.165) is 12.8 Å². The van der Waals surface area contributed by atoms with E-state index in [2.05, 4.69) is 26.2 Å². The fraction of sp³-hybridized carbons (Fsp3) is 0.500. The third kappa shape index (κ3) is 1.29. The first-order valence-electron chi connectivity index (χ1n) is 3.56. The van der Waals surface area contributed by atoms with Gasteiger partial charge in [-0.25, -0.2) is 8.42 Å². The highest BCUT2D eigenvalue weighted by Gasteiger charge is 2.31. The lowest BCUT2D eigenvalue weighted by atomic mass is 10.7. The van der Waals surface area contributed by atoms with E-state index in [0.29, 0.717) is 0 Å². The summed E-state index contributed by atoms with van der Waals surface area (Å²) in [6.45, 7) is 0. The predicted molar refractivity (Wildman–Crippen MR) is 49.5 cm³/mol. The second-order valence-corrected chi connectivity index (χ2v) is 5.97. The topological polar surface area (TPSA) is 58.5 Å². The van der Waals surface area contributed by atoms with E-state index in [1.165, 1.54) is 6.20 Å². The second-order valence-electron chi connectivity index (χ2n) is 2.76. The molecule has 0 aromatic rings. The van der Waals surface area contributed by atoms with Crippen molar-refractivity contribution in [2.45, 2.75) is 18.9 Å². The lowest BCUT2D eigenvalue weighted by Gasteiger charge is -1.96. The van der Waals surface area contributed by atoms with Gasteiger partial charge in [0.25, 0.3) is 0 Å². The number of sulfone groups is 1. The lowest BCUT2D eigenvalue weighted by Crippen LogP contribution is -2.20. The number of hydrogen-bond acceptors (Lipinski definition) is 3. The van der Waals surface area contributed by atoms with Crippen LogP contribution in [0, 0.1) is 0 Å². The summed E-state index contributed by atoms with van der Waals surface area (Å²) in [6, 6.07) is 0.217. The average Bonchev–Trinajstić information content (AvgIpc) is 2.75. The number of nitrogens with zero attached hydrogens (tertiary/aromatic N) is 1. The standard InChI is InChI=1S/C6H7BrN2O2S/c7-5-3-8-6(12(5,10)11)9-4-1-2-4/h3-4H,1-2H2,(H,8,9). The molecule has 66 valence electrons. The van der Waals surface area contributed by atoms with Gasteiger partial charge in [-0.1, -0.05) is 0 Å². The molecule has 0 saturated heterocycles. The van der Waals surface area contributed by atoms with Crippen LogP contribution >= 0.6 is 15.9 Å². The molecule has 12 heavy (non-hydrogen) atoms. The van der Waals surface area contributed by atoms with E-state index in [1.807, 2.05) is 0 Å². The Morgan fingerprint density at radius 1 is 1.58 bits per heavy atom. The first-order valence-corrected chi connectivity index (χ1v) is 5.83. The Morgan fingerprint density at radius 3 is 2.67 bits per heavy atom. The van der Waals surface area contributed by atoms with Crippen LogP contribution in [0.2, 0.25) is 0 Å². The monoisotopic (exact) mass is 250 g/mol. The largest absolute Gasteiger partial charge is 0.335 e. The normalized spacial score (nSPS) is 30.1. The molecule has 1 N–H and O–H groups in total. The van der Waals surface area contributed by atoms with E-state index in [-0.39, 0.29) is 15.0 Å². The summed E-state index contributed by atoms with van der Waals surface area (Å²) in [4.78, 5) is 4.03. The van der Waals surface area contributed by atoms with Crippen molar-refractivity contribution in [3.05, 3.63) is 10.0 Å². The molecule has 2 aliphatic rings. The van der Waals surface area contributed by atoms with Crippen molar-refractivity contribution in [3.63, 3.8) is 0 Å². The first kappa shape index (κ1) is 8.25. The zero-order valence-corrected chi connectivity index (χ0v) is 8.52. The molecule has 4 nitrogen and oxygen atoms in total. The molecule has 0 aromatic carbocycles. The Bertz CT molecular complexity index is 367. The number of amidine groups is 1. The molecule has 1 saturated carbocycles. The van der Waals surface area contributed by atoms with Gasteiger partial charge in [0.1, 0.15) is 3.81 Å². The maximum atomic E-state index is 11.3. The highest BCUT2D eigenvalue weighted by atomic mass is 79.9. The zero-order valence-electron chi connectivity index (χ0n) is 6.12. The van der Waals surface area contributed by atoms with Crippen molar-refractivity contribution in [1.29, 1.82) is 0 Å². The van der Waals surface area contributed by atoms with Gasteiger partial charge in [-0.2, -0.15) is 0 Å². The predicted octanol–water partition coefficient (Wildman–Crippen LogP) is 0.717. The number of nitrogens with one attached hydrogen (secondary N) is 1. The quantitative estimate of drug-likeness (QED) is 0.746. The summed E-state index contributed by atoms with van der Waals surface area (Å²) in [6.07, 6.45) is 3.40. The van der Waals surface area contributed by atoms with Crippen LogP contribution in [0.15, 0.2) is 15.0 Å². The Labute approximate surface area is 78.8 Å². The minimum atomic E-state index is -3.30. The van der Waals surface area contributed by atoms with Gasteiger partial charge in [-0.15, -0.1) is 0 Å². The fourth-order valence-electron chi connectivity index (χ4n) is 0.842. The molecule has 0 spiro atoms. The highest BCUT2D eigenvalue weighted by Crippen LogP contribution is 2.27. The van der Waals surface area contributed by atoms with Crippen LogP contribution in [0.25, 0.3) is 0 Å². The van der Waals surface area contributed by atoms with Gasteiger partial charge >= 0.3 is 0 Å². The van der Waals surface area contributed by atoms with Crippen molar-refractivity contribution >= 4 is 30.9 Å². The van der Waals surface area contributed by atoms with E-state index in [9.17, 15) is 8.42 Å². The minimum Gasteiger partial charge on any atom is -0.335 e. The van der Waals surface area contributed by atoms with Crippen molar-refractivity contribution in [2.75, 3.05) is 0 Å². The lowest BCUT2D eigenvalue weighted by molar-refractivity contribution is 0.614. The molecule has 2 rings (SSSR count). The number of rotatable bonds is 1. The molecule has 1 heterocycles. The number of aliphatic imine (C=N–C) groups is 1. The number of halogens is 1. The van der Waals surface area contributed by atoms with Gasteiger partial charge in [-0.3, -0.25) is 4.99 Å². The highest BCUT2D eigenvalue weighted by molar-refractivity contribution is 9.14. The van der Waals surface area contributed by atoms with Crippen molar-refractivity contribution in [1.82, 2.24) is 5.32 Å². The van der Waals surface area contributed by atoms with Crippen LogP contribution in [0.4, 0.5) is 0 Å². The summed E-state index contributed by atoms with van der Waals surface area (Å²) in [7, 11) is -3.30. The van der Waals surface area contributed by atoms with Crippen LogP contribution in [0.5, 0.6) is 0 Å². The molecule has 0 unspecified atom stereocenters. The third-order valence-electron chi connectivity index (χ3n) is 1.67. The summed E-state index contributed by atoms with van der Waals surface area (Å²) in [5.74, 6) is 0. The first-order chi connectivity index (χ1) is 5.60. The molecule has 1 fully saturated rings. The Hall–Kier alpha value is -0.360. The molecule has 0 aromatic heterocycles. The molecule has 0 amide bonds. The minimum absolute atomic E-state index is 0.0804. The molecular weight excluding hydrogens is 244 g/mol. The molecule has 1 aliphatic carbocycles. The van der Waals surface area contributed by atoms with Crippen LogP contribution in [-0.2, 0) is 9.84 Å². The Morgan fingerprint density at radius 2 is 2.25 bits per heavy atom. The van der Waals surface area contributed by atoms with Gasteiger partial charge in [0.15, 0.2) is 0 Å². The maximum Gasteiger partial charge on any atom is 0.247 e. The SMILES string of the molecule is O=S1(=O)C(Br)=CNC1=NC1CC1. The van der Waals surface area contributed by atoms with Crippen molar-refractivity contribution < 1.29 is 8.42 Å². The third-order valence-corrected chi connectivity index (χ3v) is 4.54. The van der Waals surface area contributed by atoms with Gasteiger partial charge in [-0.05, 0) is 28.8 Å². The molecule has 0 bridgehead atoms. The van der Waals surface area contributed by atoms with E-state index >= 15 is 0 Å². The molecule has 0 atom stereocenters. The summed E-state index contributed by atoms with van der Waals surface area (Å²) >= 11 is 2.94.